The Morgan fingerprint density at radius 3 is 3.14 bits per heavy atom. The molecule has 9 heteroatoms. The van der Waals surface area contributed by atoms with Crippen LogP contribution in [0.1, 0.15) is 25.7 Å². The minimum Gasteiger partial charge on any atom is -0.378 e. The Morgan fingerprint density at radius 2 is 2.38 bits per heavy atom. The van der Waals surface area contributed by atoms with E-state index >= 15 is 0 Å². The molecule has 1 aliphatic heterocycles. The maximum atomic E-state index is 12.4. The molecule has 1 N–H and O–H groups in total. The molecule has 21 heavy (non-hydrogen) atoms. The Labute approximate surface area is 132 Å². The van der Waals surface area contributed by atoms with Crippen molar-refractivity contribution >= 4 is 37.9 Å². The molecule has 0 radical (unpaired) electrons. The molecule has 0 spiro atoms. The van der Waals surface area contributed by atoms with E-state index in [0.29, 0.717) is 17.9 Å². The normalized spacial score (nSPS) is 20.1. The van der Waals surface area contributed by atoms with Gasteiger partial charge in [0.25, 0.3) is 10.0 Å². The van der Waals surface area contributed by atoms with Gasteiger partial charge in [-0.05, 0) is 25.7 Å². The van der Waals surface area contributed by atoms with E-state index in [1.807, 2.05) is 0 Å². The average Bonchev–Trinajstić information content (AvgIpc) is 2.99. The molecule has 6 nitrogen and oxygen atoms in total. The summed E-state index contributed by atoms with van der Waals surface area (Å²) in [7, 11) is -3.68. The second-order valence-corrected chi connectivity index (χ2v) is 7.85. The van der Waals surface area contributed by atoms with Crippen LogP contribution in [0.25, 0.3) is 4.96 Å². The van der Waals surface area contributed by atoms with Crippen molar-refractivity contribution in [2.45, 2.75) is 36.8 Å². The highest BCUT2D eigenvalue weighted by atomic mass is 35.5. The second kappa shape index (κ2) is 6.21. The van der Waals surface area contributed by atoms with Crippen LogP contribution in [0, 0.1) is 0 Å². The van der Waals surface area contributed by atoms with Gasteiger partial charge in [-0.2, -0.15) is 0 Å². The maximum Gasteiger partial charge on any atom is 0.259 e. The zero-order chi connectivity index (χ0) is 14.9. The van der Waals surface area contributed by atoms with Gasteiger partial charge in [0.1, 0.15) is 0 Å². The lowest BCUT2D eigenvalue weighted by molar-refractivity contribution is 0.0123. The van der Waals surface area contributed by atoms with Gasteiger partial charge in [0.2, 0.25) is 0 Å². The van der Waals surface area contributed by atoms with Crippen LogP contribution in [0.4, 0.5) is 0 Å². The molecule has 1 fully saturated rings. The molecular weight excluding hydrogens is 334 g/mol. The van der Waals surface area contributed by atoms with Crippen molar-refractivity contribution in [1.82, 2.24) is 14.1 Å². The van der Waals surface area contributed by atoms with Gasteiger partial charge in [-0.25, -0.2) is 18.1 Å². The Kier molecular flexibility index (Phi) is 4.51. The molecule has 1 saturated heterocycles. The minimum absolute atomic E-state index is 0.00302. The fourth-order valence-electron chi connectivity index (χ4n) is 2.44. The summed E-state index contributed by atoms with van der Waals surface area (Å²) in [4.78, 5) is 4.61. The van der Waals surface area contributed by atoms with Crippen molar-refractivity contribution in [3.8, 4) is 0 Å². The Balaban J connectivity index is 1.68. The van der Waals surface area contributed by atoms with Gasteiger partial charge in [0, 0.05) is 24.7 Å². The monoisotopic (exact) mass is 349 g/mol. The van der Waals surface area contributed by atoms with Gasteiger partial charge in [-0.15, -0.1) is 11.3 Å². The number of rotatable bonds is 5. The second-order valence-electron chi connectivity index (χ2n) is 4.94. The zero-order valence-corrected chi connectivity index (χ0v) is 13.7. The Hall–Kier alpha value is -0.670. The number of halogens is 1. The van der Waals surface area contributed by atoms with Gasteiger partial charge in [0.05, 0.1) is 6.10 Å². The molecule has 0 saturated carbocycles. The number of nitrogens with zero attached hydrogens (tertiary/aromatic N) is 2. The lowest BCUT2D eigenvalue weighted by Gasteiger charge is -2.22. The molecular formula is C12H16ClN3O3S2. The van der Waals surface area contributed by atoms with Gasteiger partial charge in [0.15, 0.2) is 15.1 Å². The highest BCUT2D eigenvalue weighted by Crippen LogP contribution is 2.25. The minimum atomic E-state index is -3.68. The fraction of sp³-hybridized carbons (Fsp3) is 0.583. The van der Waals surface area contributed by atoms with Crippen molar-refractivity contribution in [3.05, 3.63) is 16.7 Å². The van der Waals surface area contributed by atoms with E-state index in [0.717, 1.165) is 25.9 Å². The number of imidazole rings is 1. The van der Waals surface area contributed by atoms with E-state index < -0.39 is 10.0 Å². The Morgan fingerprint density at radius 1 is 1.52 bits per heavy atom. The molecule has 116 valence electrons. The van der Waals surface area contributed by atoms with Crippen LogP contribution >= 0.6 is 22.9 Å². The van der Waals surface area contributed by atoms with Crippen LogP contribution < -0.4 is 4.72 Å². The number of aromatic nitrogens is 2. The molecule has 2 aromatic heterocycles. The number of hydrogen-bond donors (Lipinski definition) is 1. The predicted octanol–water partition coefficient (Wildman–Crippen LogP) is 2.29. The first kappa shape index (κ1) is 15.2. The van der Waals surface area contributed by atoms with Crippen molar-refractivity contribution in [2.75, 3.05) is 13.2 Å². The summed E-state index contributed by atoms with van der Waals surface area (Å²) in [5.41, 5.74) is 0. The summed E-state index contributed by atoms with van der Waals surface area (Å²) < 4.78 is 34.4. The molecule has 2 aromatic rings. The van der Waals surface area contributed by atoms with Crippen LogP contribution in [0.5, 0.6) is 0 Å². The summed E-state index contributed by atoms with van der Waals surface area (Å²) in [5, 5.41) is 1.78. The average molecular weight is 350 g/mol. The lowest BCUT2D eigenvalue weighted by atomic mass is 10.1. The molecule has 0 aliphatic carbocycles. The van der Waals surface area contributed by atoms with Gasteiger partial charge in [-0.3, -0.25) is 4.40 Å². The summed E-state index contributed by atoms with van der Waals surface area (Å²) >= 11 is 7.29. The van der Waals surface area contributed by atoms with Crippen molar-refractivity contribution in [3.63, 3.8) is 0 Å². The molecule has 0 aromatic carbocycles. The SMILES string of the molecule is O=S(=O)(NCCC1CCCCO1)c1c(Cl)nc2sccn12. The highest BCUT2D eigenvalue weighted by molar-refractivity contribution is 7.89. The van der Waals surface area contributed by atoms with Crippen LogP contribution in [0.15, 0.2) is 16.6 Å². The molecule has 3 heterocycles. The number of thiazole rings is 1. The molecule has 1 aliphatic rings. The van der Waals surface area contributed by atoms with Crippen LogP contribution in [0.2, 0.25) is 5.15 Å². The highest BCUT2D eigenvalue weighted by Gasteiger charge is 2.25. The molecule has 0 bridgehead atoms. The third-order valence-corrected chi connectivity index (χ3v) is 6.08. The molecule has 1 unspecified atom stereocenters. The van der Waals surface area contributed by atoms with Gasteiger partial charge in [-0.1, -0.05) is 11.6 Å². The van der Waals surface area contributed by atoms with Crippen LogP contribution in [-0.4, -0.2) is 37.1 Å². The summed E-state index contributed by atoms with van der Waals surface area (Å²) in [6, 6.07) is 0. The number of hydrogen-bond acceptors (Lipinski definition) is 5. The fourth-order valence-corrected chi connectivity index (χ4v) is 4.93. The first-order chi connectivity index (χ1) is 10.1. The number of ether oxygens (including phenoxy) is 1. The topological polar surface area (TPSA) is 72.7 Å². The van der Waals surface area contributed by atoms with Crippen molar-refractivity contribution in [2.24, 2.45) is 0 Å². The molecule has 0 amide bonds. The zero-order valence-electron chi connectivity index (χ0n) is 11.3. The number of nitrogens with one attached hydrogen (secondary N) is 1. The quantitative estimate of drug-likeness (QED) is 0.898. The largest absolute Gasteiger partial charge is 0.378 e. The van der Waals surface area contributed by atoms with Crippen LogP contribution in [-0.2, 0) is 14.8 Å². The Bertz CT molecular complexity index is 719. The summed E-state index contributed by atoms with van der Waals surface area (Å²) in [6.45, 7) is 1.10. The van der Waals surface area contributed by atoms with Crippen molar-refractivity contribution in [1.29, 1.82) is 0 Å². The molecule has 3 rings (SSSR count). The van der Waals surface area contributed by atoms with E-state index in [-0.39, 0.29) is 16.3 Å². The van der Waals surface area contributed by atoms with E-state index in [1.54, 1.807) is 11.6 Å². The lowest BCUT2D eigenvalue weighted by Crippen LogP contribution is -2.30. The van der Waals surface area contributed by atoms with E-state index in [1.165, 1.54) is 15.7 Å². The van der Waals surface area contributed by atoms with E-state index in [2.05, 4.69) is 9.71 Å². The smallest absolute Gasteiger partial charge is 0.259 e. The maximum absolute atomic E-state index is 12.4. The number of sulfonamides is 1. The van der Waals surface area contributed by atoms with Crippen LogP contribution in [0.3, 0.4) is 0 Å². The summed E-state index contributed by atoms with van der Waals surface area (Å²) in [5.74, 6) is 0. The number of fused-ring (bicyclic) bond motifs is 1. The predicted molar refractivity (Wildman–Crippen MR) is 81.5 cm³/mol. The van der Waals surface area contributed by atoms with E-state index in [9.17, 15) is 8.42 Å². The van der Waals surface area contributed by atoms with Gasteiger partial charge >= 0.3 is 0 Å². The van der Waals surface area contributed by atoms with Crippen molar-refractivity contribution < 1.29 is 13.2 Å². The third kappa shape index (κ3) is 3.24. The first-order valence-corrected chi connectivity index (χ1v) is 9.54. The van der Waals surface area contributed by atoms with E-state index in [4.69, 9.17) is 16.3 Å². The summed E-state index contributed by atoms with van der Waals surface area (Å²) in [6.07, 6.45) is 5.68. The molecule has 1 atom stereocenters. The first-order valence-electron chi connectivity index (χ1n) is 6.80. The third-order valence-electron chi connectivity index (χ3n) is 3.47. The standard InChI is InChI=1S/C12H16ClN3O3S2/c13-10-11(16-6-8-20-12(16)15-10)21(17,18)14-5-4-9-3-1-2-7-19-9/h6,8-9,14H,1-5,7H2. The van der Waals surface area contributed by atoms with Gasteiger partial charge < -0.3 is 4.74 Å².